The highest BCUT2D eigenvalue weighted by Gasteiger charge is 2.26. The number of benzene rings is 1. The Morgan fingerprint density at radius 3 is 2.84 bits per heavy atom. The molecule has 19 heavy (non-hydrogen) atoms. The van der Waals surface area contributed by atoms with Crippen LogP contribution in [0.3, 0.4) is 0 Å². The molecule has 6 heteroatoms. The van der Waals surface area contributed by atoms with E-state index in [1.807, 2.05) is 30.6 Å². The van der Waals surface area contributed by atoms with E-state index in [-0.39, 0.29) is 0 Å². The monoisotopic (exact) mass is 295 g/mol. The smallest absolute Gasteiger partial charge is 0.191 e. The first-order valence-electron chi connectivity index (χ1n) is 6.23. The molecule has 1 aromatic heterocycles. The van der Waals surface area contributed by atoms with E-state index >= 15 is 0 Å². The second kappa shape index (κ2) is 5.84. The van der Waals surface area contributed by atoms with Crippen LogP contribution in [0.5, 0.6) is 5.75 Å². The van der Waals surface area contributed by atoms with E-state index in [1.165, 1.54) is 12.8 Å². The second-order valence-corrected chi connectivity index (χ2v) is 5.90. The molecule has 0 saturated heterocycles. The number of hydrogen-bond acceptors (Lipinski definition) is 4. The van der Waals surface area contributed by atoms with Gasteiger partial charge in [0.25, 0.3) is 0 Å². The number of aromatic nitrogens is 3. The van der Waals surface area contributed by atoms with Crippen molar-refractivity contribution in [1.29, 1.82) is 0 Å². The van der Waals surface area contributed by atoms with E-state index in [4.69, 9.17) is 16.3 Å². The van der Waals surface area contributed by atoms with Gasteiger partial charge in [-0.1, -0.05) is 23.4 Å². The van der Waals surface area contributed by atoms with E-state index in [0.717, 1.165) is 21.7 Å². The van der Waals surface area contributed by atoms with Gasteiger partial charge in [-0.15, -0.1) is 10.2 Å². The lowest BCUT2D eigenvalue weighted by molar-refractivity contribution is 0.344. The van der Waals surface area contributed by atoms with Crippen LogP contribution in [0.15, 0.2) is 35.7 Å². The summed E-state index contributed by atoms with van der Waals surface area (Å²) in [5, 5.41) is 9.81. The van der Waals surface area contributed by atoms with Crippen LogP contribution >= 0.6 is 23.4 Å². The highest BCUT2D eigenvalue weighted by atomic mass is 35.5. The molecule has 4 nitrogen and oxygen atoms in total. The van der Waals surface area contributed by atoms with Gasteiger partial charge in [0.2, 0.25) is 0 Å². The lowest BCUT2D eigenvalue weighted by Crippen LogP contribution is -2.02. The van der Waals surface area contributed by atoms with Gasteiger partial charge in [-0.25, -0.2) is 0 Å². The maximum absolute atomic E-state index is 5.82. The fraction of sp³-hybridized carbons (Fsp3) is 0.385. The fourth-order valence-corrected chi connectivity index (χ4v) is 2.69. The topological polar surface area (TPSA) is 39.9 Å². The number of thioether (sulfide) groups is 1. The van der Waals surface area contributed by atoms with E-state index in [2.05, 4.69) is 14.8 Å². The van der Waals surface area contributed by atoms with Gasteiger partial charge >= 0.3 is 0 Å². The number of hydrogen-bond donors (Lipinski definition) is 0. The minimum atomic E-state index is 0.620. The quantitative estimate of drug-likeness (QED) is 0.604. The summed E-state index contributed by atoms with van der Waals surface area (Å²) in [6.45, 7) is 0.643. The Morgan fingerprint density at radius 1 is 1.32 bits per heavy atom. The molecule has 0 unspecified atom stereocenters. The van der Waals surface area contributed by atoms with E-state index in [9.17, 15) is 0 Å². The Labute approximate surface area is 121 Å². The average molecular weight is 296 g/mol. The summed E-state index contributed by atoms with van der Waals surface area (Å²) in [6.07, 6.45) is 4.31. The van der Waals surface area contributed by atoms with Gasteiger partial charge in [0.1, 0.15) is 12.1 Å². The van der Waals surface area contributed by atoms with Crippen LogP contribution in [0.1, 0.15) is 18.9 Å². The normalized spacial score (nSPS) is 14.6. The summed E-state index contributed by atoms with van der Waals surface area (Å²) < 4.78 is 7.80. The molecule has 0 amide bonds. The fourth-order valence-electron chi connectivity index (χ4n) is 1.76. The maximum Gasteiger partial charge on any atom is 0.191 e. The minimum Gasteiger partial charge on any atom is -0.493 e. The van der Waals surface area contributed by atoms with Crippen molar-refractivity contribution in [2.75, 3.05) is 12.4 Å². The van der Waals surface area contributed by atoms with Crippen molar-refractivity contribution in [3.05, 3.63) is 35.6 Å². The Hall–Kier alpha value is -1.20. The summed E-state index contributed by atoms with van der Waals surface area (Å²) in [4.78, 5) is 0. The molecule has 0 N–H and O–H groups in total. The molecule has 0 bridgehead atoms. The third-order valence-electron chi connectivity index (χ3n) is 2.88. The molecule has 0 spiro atoms. The number of halogens is 1. The average Bonchev–Trinajstić information content (AvgIpc) is 3.16. The Bertz CT molecular complexity index is 539. The second-order valence-electron chi connectivity index (χ2n) is 4.40. The van der Waals surface area contributed by atoms with Crippen LogP contribution in [0.4, 0.5) is 0 Å². The van der Waals surface area contributed by atoms with Crippen molar-refractivity contribution >= 4 is 23.4 Å². The molecule has 100 valence electrons. The number of ether oxygens (including phenoxy) is 1. The van der Waals surface area contributed by atoms with Crippen LogP contribution in [0, 0.1) is 0 Å². The minimum absolute atomic E-state index is 0.620. The predicted molar refractivity (Wildman–Crippen MR) is 76.0 cm³/mol. The third kappa shape index (κ3) is 3.42. The predicted octanol–water partition coefficient (Wildman–Crippen LogP) is 3.44. The van der Waals surface area contributed by atoms with Gasteiger partial charge < -0.3 is 9.30 Å². The third-order valence-corrected chi connectivity index (χ3v) is 4.05. The molecule has 2 aromatic rings. The van der Waals surface area contributed by atoms with E-state index in [0.29, 0.717) is 12.6 Å². The number of nitrogens with zero attached hydrogens (tertiary/aromatic N) is 3. The van der Waals surface area contributed by atoms with Gasteiger partial charge in [-0.05, 0) is 37.1 Å². The zero-order valence-corrected chi connectivity index (χ0v) is 11.9. The molecule has 0 radical (unpaired) electrons. The van der Waals surface area contributed by atoms with Crippen molar-refractivity contribution in [2.24, 2.45) is 0 Å². The number of rotatable bonds is 6. The summed E-state index contributed by atoms with van der Waals surface area (Å²) >= 11 is 7.50. The van der Waals surface area contributed by atoms with Gasteiger partial charge in [-0.2, -0.15) is 0 Å². The maximum atomic E-state index is 5.82. The van der Waals surface area contributed by atoms with Crippen LogP contribution in [0.25, 0.3) is 0 Å². The summed E-state index contributed by atoms with van der Waals surface area (Å²) in [5.74, 6) is 1.70. The summed E-state index contributed by atoms with van der Waals surface area (Å²) in [6, 6.07) is 8.02. The van der Waals surface area contributed by atoms with Crippen molar-refractivity contribution < 1.29 is 4.74 Å². The van der Waals surface area contributed by atoms with Gasteiger partial charge in [-0.3, -0.25) is 0 Å². The zero-order valence-electron chi connectivity index (χ0n) is 10.3. The van der Waals surface area contributed by atoms with Gasteiger partial charge in [0, 0.05) is 16.8 Å². The van der Waals surface area contributed by atoms with Crippen molar-refractivity contribution in [1.82, 2.24) is 14.8 Å². The SMILES string of the molecule is Clc1ccc(OCCSc2nncn2C2CC2)cc1. The standard InChI is InChI=1S/C13H14ClN3OS/c14-10-1-5-12(6-2-10)18-7-8-19-13-16-15-9-17(13)11-3-4-11/h1-2,5-6,9,11H,3-4,7-8H2. The molecule has 3 rings (SSSR count). The van der Waals surface area contributed by atoms with E-state index in [1.54, 1.807) is 11.8 Å². The molecule has 1 aliphatic rings. The van der Waals surface area contributed by atoms with Crippen LogP contribution < -0.4 is 4.74 Å². The molecular weight excluding hydrogens is 282 g/mol. The first kappa shape index (κ1) is 12.8. The summed E-state index contributed by atoms with van der Waals surface area (Å²) in [7, 11) is 0. The van der Waals surface area contributed by atoms with Crippen LogP contribution in [-0.4, -0.2) is 27.1 Å². The first-order chi connectivity index (χ1) is 9.33. The lowest BCUT2D eigenvalue weighted by Gasteiger charge is -2.06. The molecule has 1 saturated carbocycles. The lowest BCUT2D eigenvalue weighted by atomic mass is 10.3. The highest BCUT2D eigenvalue weighted by Crippen LogP contribution is 2.37. The Balaban J connectivity index is 1.45. The molecule has 1 heterocycles. The van der Waals surface area contributed by atoms with Crippen molar-refractivity contribution in [2.45, 2.75) is 24.0 Å². The molecule has 0 aliphatic heterocycles. The highest BCUT2D eigenvalue weighted by molar-refractivity contribution is 7.99. The van der Waals surface area contributed by atoms with Crippen LogP contribution in [-0.2, 0) is 0 Å². The zero-order chi connectivity index (χ0) is 13.1. The molecule has 1 aromatic carbocycles. The van der Waals surface area contributed by atoms with Crippen LogP contribution in [0.2, 0.25) is 5.02 Å². The Morgan fingerprint density at radius 2 is 2.11 bits per heavy atom. The van der Waals surface area contributed by atoms with E-state index < -0.39 is 0 Å². The van der Waals surface area contributed by atoms with Crippen molar-refractivity contribution in [3.8, 4) is 5.75 Å². The van der Waals surface area contributed by atoms with Gasteiger partial charge in [0.15, 0.2) is 5.16 Å². The van der Waals surface area contributed by atoms with Gasteiger partial charge in [0.05, 0.1) is 6.61 Å². The summed E-state index contributed by atoms with van der Waals surface area (Å²) in [5.41, 5.74) is 0. The molecule has 1 aliphatic carbocycles. The molecule has 1 fully saturated rings. The largest absolute Gasteiger partial charge is 0.493 e. The van der Waals surface area contributed by atoms with Crippen molar-refractivity contribution in [3.63, 3.8) is 0 Å². The molecule has 0 atom stereocenters. The Kier molecular flexibility index (Phi) is 3.94. The molecular formula is C13H14ClN3OS. The first-order valence-corrected chi connectivity index (χ1v) is 7.60.